The summed E-state index contributed by atoms with van der Waals surface area (Å²) in [5.41, 5.74) is 3.52. The normalized spacial score (nSPS) is 12.7. The van der Waals surface area contributed by atoms with Crippen LogP contribution in [-0.4, -0.2) is 15.0 Å². The molecule has 3 heteroatoms. The van der Waals surface area contributed by atoms with Gasteiger partial charge in [-0.1, -0.05) is 25.1 Å². The van der Waals surface area contributed by atoms with E-state index in [1.165, 1.54) is 10.9 Å². The summed E-state index contributed by atoms with van der Waals surface area (Å²) in [4.78, 5) is 11.8. The summed E-state index contributed by atoms with van der Waals surface area (Å²) in [6, 6.07) is 10.4. The number of benzene rings is 1. The van der Waals surface area contributed by atoms with Gasteiger partial charge in [-0.05, 0) is 24.1 Å². The molecule has 3 aromatic rings. The molecule has 1 N–H and O–H groups in total. The van der Waals surface area contributed by atoms with Gasteiger partial charge in [-0.25, -0.2) is 4.98 Å². The number of rotatable bonds is 3. The van der Waals surface area contributed by atoms with Gasteiger partial charge in [0.05, 0.1) is 11.8 Å². The summed E-state index contributed by atoms with van der Waals surface area (Å²) in [6.07, 6.45) is 6.57. The van der Waals surface area contributed by atoms with Crippen LogP contribution >= 0.6 is 0 Å². The van der Waals surface area contributed by atoms with Gasteiger partial charge in [-0.3, -0.25) is 4.98 Å². The molecule has 2 aromatic heterocycles. The van der Waals surface area contributed by atoms with Crippen molar-refractivity contribution in [2.75, 3.05) is 0 Å². The lowest BCUT2D eigenvalue weighted by Gasteiger charge is -2.15. The highest BCUT2D eigenvalue weighted by molar-refractivity contribution is 5.82. The van der Waals surface area contributed by atoms with Crippen LogP contribution in [0.25, 0.3) is 10.9 Å². The van der Waals surface area contributed by atoms with Crippen LogP contribution in [0.5, 0.6) is 0 Å². The number of hydrogen-bond acceptors (Lipinski definition) is 2. The van der Waals surface area contributed by atoms with Crippen molar-refractivity contribution in [3.8, 4) is 0 Å². The molecule has 0 aliphatic rings. The Morgan fingerprint density at radius 1 is 1.22 bits per heavy atom. The number of nitrogens with zero attached hydrogens (tertiary/aromatic N) is 2. The van der Waals surface area contributed by atoms with Gasteiger partial charge in [0, 0.05) is 29.4 Å². The largest absolute Gasteiger partial charge is 0.348 e. The van der Waals surface area contributed by atoms with E-state index in [2.05, 4.69) is 46.1 Å². The number of fused-ring (bicyclic) bond motifs is 1. The van der Waals surface area contributed by atoms with Gasteiger partial charge in [0.15, 0.2) is 0 Å². The second-order valence-corrected chi connectivity index (χ2v) is 4.39. The van der Waals surface area contributed by atoms with Gasteiger partial charge in [0.2, 0.25) is 0 Å². The standard InChI is InChI=1S/C15H15N3/c1-2-11(15-9-16-10-18-15)12-7-8-17-14-6-4-3-5-13(12)14/h3-11H,2H2,1H3,(H,16,18). The molecule has 0 spiro atoms. The highest BCUT2D eigenvalue weighted by atomic mass is 14.9. The molecule has 0 saturated carbocycles. The van der Waals surface area contributed by atoms with E-state index in [0.29, 0.717) is 5.92 Å². The molecule has 0 bridgehead atoms. The molecule has 1 unspecified atom stereocenters. The van der Waals surface area contributed by atoms with Crippen molar-refractivity contribution in [2.45, 2.75) is 19.3 Å². The zero-order chi connectivity index (χ0) is 12.4. The molecule has 0 aliphatic carbocycles. The Labute approximate surface area is 106 Å². The lowest BCUT2D eigenvalue weighted by atomic mass is 9.91. The topological polar surface area (TPSA) is 41.6 Å². The van der Waals surface area contributed by atoms with E-state index >= 15 is 0 Å². The van der Waals surface area contributed by atoms with Crippen LogP contribution in [0, 0.1) is 0 Å². The Bertz CT molecular complexity index is 638. The smallest absolute Gasteiger partial charge is 0.0921 e. The van der Waals surface area contributed by atoms with Gasteiger partial charge in [0.1, 0.15) is 0 Å². The highest BCUT2D eigenvalue weighted by Gasteiger charge is 2.15. The van der Waals surface area contributed by atoms with Crippen molar-refractivity contribution in [2.24, 2.45) is 0 Å². The Morgan fingerprint density at radius 3 is 2.89 bits per heavy atom. The van der Waals surface area contributed by atoms with Crippen molar-refractivity contribution in [3.05, 3.63) is 60.3 Å². The van der Waals surface area contributed by atoms with E-state index in [4.69, 9.17) is 0 Å². The zero-order valence-electron chi connectivity index (χ0n) is 10.3. The van der Waals surface area contributed by atoms with Crippen LogP contribution in [0.2, 0.25) is 0 Å². The fourth-order valence-electron chi connectivity index (χ4n) is 2.49. The molecule has 0 aliphatic heterocycles. The Morgan fingerprint density at radius 2 is 2.11 bits per heavy atom. The number of H-pyrrole nitrogens is 1. The first-order chi connectivity index (χ1) is 8.90. The second-order valence-electron chi connectivity index (χ2n) is 4.39. The number of aromatic amines is 1. The number of imidazole rings is 1. The Kier molecular flexibility index (Phi) is 2.81. The molecule has 0 radical (unpaired) electrons. The van der Waals surface area contributed by atoms with Crippen LogP contribution in [0.15, 0.2) is 49.1 Å². The Hall–Kier alpha value is -2.16. The third-order valence-electron chi connectivity index (χ3n) is 3.36. The van der Waals surface area contributed by atoms with Crippen LogP contribution in [-0.2, 0) is 0 Å². The minimum Gasteiger partial charge on any atom is -0.348 e. The van der Waals surface area contributed by atoms with E-state index in [1.54, 1.807) is 6.33 Å². The van der Waals surface area contributed by atoms with Gasteiger partial charge in [0.25, 0.3) is 0 Å². The van der Waals surface area contributed by atoms with E-state index < -0.39 is 0 Å². The predicted molar refractivity (Wildman–Crippen MR) is 72.5 cm³/mol. The van der Waals surface area contributed by atoms with Crippen molar-refractivity contribution in [1.29, 1.82) is 0 Å². The summed E-state index contributed by atoms with van der Waals surface area (Å²) >= 11 is 0. The molecule has 3 nitrogen and oxygen atoms in total. The average molecular weight is 237 g/mol. The molecule has 1 atom stereocenters. The fraction of sp³-hybridized carbons (Fsp3) is 0.200. The van der Waals surface area contributed by atoms with Crippen LogP contribution in [0.3, 0.4) is 0 Å². The second kappa shape index (κ2) is 4.61. The molecule has 0 fully saturated rings. The average Bonchev–Trinajstić information content (AvgIpc) is 2.94. The first-order valence-corrected chi connectivity index (χ1v) is 6.22. The predicted octanol–water partition coefficient (Wildman–Crippen LogP) is 3.50. The zero-order valence-corrected chi connectivity index (χ0v) is 10.3. The molecule has 1 aromatic carbocycles. The Balaban J connectivity index is 2.18. The monoisotopic (exact) mass is 237 g/mol. The number of nitrogens with one attached hydrogen (secondary N) is 1. The fourth-order valence-corrected chi connectivity index (χ4v) is 2.49. The number of hydrogen-bond donors (Lipinski definition) is 1. The molecular formula is C15H15N3. The van der Waals surface area contributed by atoms with Crippen molar-refractivity contribution in [3.63, 3.8) is 0 Å². The SMILES string of the molecule is CCC(c1cnc[nH]1)c1ccnc2ccccc12. The summed E-state index contributed by atoms with van der Waals surface area (Å²) < 4.78 is 0. The molecule has 3 rings (SSSR count). The third-order valence-corrected chi connectivity index (χ3v) is 3.36. The maximum atomic E-state index is 4.41. The van der Waals surface area contributed by atoms with Gasteiger partial charge >= 0.3 is 0 Å². The van der Waals surface area contributed by atoms with Crippen molar-refractivity contribution < 1.29 is 0 Å². The van der Waals surface area contributed by atoms with Crippen LogP contribution < -0.4 is 0 Å². The maximum Gasteiger partial charge on any atom is 0.0921 e. The van der Waals surface area contributed by atoms with Gasteiger partial charge in [-0.15, -0.1) is 0 Å². The lowest BCUT2D eigenvalue weighted by Crippen LogP contribution is -2.01. The molecule has 90 valence electrons. The molecule has 18 heavy (non-hydrogen) atoms. The summed E-state index contributed by atoms with van der Waals surface area (Å²) in [7, 11) is 0. The first kappa shape index (κ1) is 11.0. The number of aromatic nitrogens is 3. The molecule has 0 amide bonds. The highest BCUT2D eigenvalue weighted by Crippen LogP contribution is 2.30. The van der Waals surface area contributed by atoms with E-state index in [0.717, 1.165) is 17.6 Å². The van der Waals surface area contributed by atoms with Crippen molar-refractivity contribution in [1.82, 2.24) is 15.0 Å². The minimum atomic E-state index is 0.348. The van der Waals surface area contributed by atoms with E-state index in [1.807, 2.05) is 18.5 Å². The third kappa shape index (κ3) is 1.78. The molecule has 2 heterocycles. The lowest BCUT2D eigenvalue weighted by molar-refractivity contribution is 0.760. The number of pyridine rings is 1. The van der Waals surface area contributed by atoms with Crippen LogP contribution in [0.1, 0.15) is 30.5 Å². The van der Waals surface area contributed by atoms with E-state index in [-0.39, 0.29) is 0 Å². The van der Waals surface area contributed by atoms with Gasteiger partial charge < -0.3 is 4.98 Å². The molecule has 0 saturated heterocycles. The summed E-state index contributed by atoms with van der Waals surface area (Å²) in [5.74, 6) is 0.348. The quantitative estimate of drug-likeness (QED) is 0.757. The summed E-state index contributed by atoms with van der Waals surface area (Å²) in [6.45, 7) is 2.20. The first-order valence-electron chi connectivity index (χ1n) is 6.22. The number of para-hydroxylation sites is 1. The molecular weight excluding hydrogens is 222 g/mol. The van der Waals surface area contributed by atoms with Crippen molar-refractivity contribution >= 4 is 10.9 Å². The van der Waals surface area contributed by atoms with Crippen LogP contribution in [0.4, 0.5) is 0 Å². The maximum absolute atomic E-state index is 4.41. The van der Waals surface area contributed by atoms with E-state index in [9.17, 15) is 0 Å². The van der Waals surface area contributed by atoms with Gasteiger partial charge in [-0.2, -0.15) is 0 Å². The summed E-state index contributed by atoms with van der Waals surface area (Å²) in [5, 5.41) is 1.22. The minimum absolute atomic E-state index is 0.348.